The summed E-state index contributed by atoms with van der Waals surface area (Å²) in [4.78, 5) is 5.71. The molecule has 5 heteroatoms. The highest BCUT2D eigenvalue weighted by Gasteiger charge is 2.15. The Morgan fingerprint density at radius 3 is 2.73 bits per heavy atom. The fourth-order valence-corrected chi connectivity index (χ4v) is 3.28. The zero-order chi connectivity index (χ0) is 15.7. The lowest BCUT2D eigenvalue weighted by atomic mass is 10.1. The van der Waals surface area contributed by atoms with Crippen LogP contribution in [0.1, 0.15) is 18.3 Å². The van der Waals surface area contributed by atoms with Gasteiger partial charge in [0.2, 0.25) is 0 Å². The molecular formula is C17H19N3OS. The highest BCUT2D eigenvalue weighted by molar-refractivity contribution is 7.15. The summed E-state index contributed by atoms with van der Waals surface area (Å²) in [5.74, 6) is 0.832. The average molecular weight is 313 g/mol. The molecule has 0 amide bonds. The molecule has 22 heavy (non-hydrogen) atoms. The molecule has 2 aromatic heterocycles. The van der Waals surface area contributed by atoms with E-state index in [0.29, 0.717) is 13.2 Å². The van der Waals surface area contributed by atoms with Crippen LogP contribution in [0.15, 0.2) is 41.8 Å². The molecule has 0 bridgehead atoms. The number of hydrogen-bond donors (Lipinski definition) is 1. The summed E-state index contributed by atoms with van der Waals surface area (Å²) in [5, 5.41) is 2.10. The predicted octanol–water partition coefficient (Wildman–Crippen LogP) is 3.78. The van der Waals surface area contributed by atoms with E-state index in [2.05, 4.69) is 23.3 Å². The van der Waals surface area contributed by atoms with Crippen LogP contribution >= 0.6 is 11.3 Å². The topological polar surface area (TPSA) is 52.5 Å². The van der Waals surface area contributed by atoms with E-state index in [1.807, 2.05) is 31.2 Å². The second kappa shape index (κ2) is 5.94. The van der Waals surface area contributed by atoms with Gasteiger partial charge < -0.3 is 10.5 Å². The maximum absolute atomic E-state index is 5.95. The highest BCUT2D eigenvalue weighted by Crippen LogP contribution is 2.29. The van der Waals surface area contributed by atoms with Crippen molar-refractivity contribution in [2.24, 2.45) is 5.73 Å². The van der Waals surface area contributed by atoms with Crippen LogP contribution in [0.2, 0.25) is 0 Å². The summed E-state index contributed by atoms with van der Waals surface area (Å²) in [6.45, 7) is 8.85. The van der Waals surface area contributed by atoms with Crippen LogP contribution in [0, 0.1) is 6.92 Å². The number of benzene rings is 1. The molecule has 3 rings (SSSR count). The Balaban J connectivity index is 1.95. The number of thiazole rings is 1. The molecule has 4 nitrogen and oxygen atoms in total. The van der Waals surface area contributed by atoms with Gasteiger partial charge in [-0.15, -0.1) is 11.3 Å². The maximum Gasteiger partial charge on any atom is 0.194 e. The van der Waals surface area contributed by atoms with Crippen LogP contribution in [0.4, 0.5) is 0 Å². The molecule has 2 N–H and O–H groups in total. The van der Waals surface area contributed by atoms with Crippen LogP contribution in [0.25, 0.3) is 16.2 Å². The van der Waals surface area contributed by atoms with Gasteiger partial charge in [0, 0.05) is 23.2 Å². The number of hydrogen-bond acceptors (Lipinski definition) is 4. The largest absolute Gasteiger partial charge is 0.489 e. The van der Waals surface area contributed by atoms with Crippen molar-refractivity contribution in [3.8, 4) is 17.0 Å². The monoisotopic (exact) mass is 313 g/mol. The van der Waals surface area contributed by atoms with Gasteiger partial charge in [-0.25, -0.2) is 4.98 Å². The molecule has 0 atom stereocenters. The number of aryl methyl sites for hydroxylation is 1. The number of nitrogens with zero attached hydrogens (tertiary/aromatic N) is 2. The number of aromatic nitrogens is 2. The first-order valence-corrected chi connectivity index (χ1v) is 8.01. The van der Waals surface area contributed by atoms with E-state index in [0.717, 1.165) is 33.2 Å². The molecular weight excluding hydrogens is 294 g/mol. The SMILES string of the molecule is C=C(C)COc1ccc(-c2nc3scc(C)n3c2CN)cc1. The van der Waals surface area contributed by atoms with Gasteiger partial charge in [0.15, 0.2) is 4.96 Å². The second-order valence-corrected chi connectivity index (χ2v) is 6.21. The zero-order valence-corrected chi connectivity index (χ0v) is 13.6. The summed E-state index contributed by atoms with van der Waals surface area (Å²) in [7, 11) is 0. The van der Waals surface area contributed by atoms with Crippen molar-refractivity contribution in [1.82, 2.24) is 9.38 Å². The van der Waals surface area contributed by atoms with Crippen molar-refractivity contribution >= 4 is 16.3 Å². The van der Waals surface area contributed by atoms with Crippen LogP contribution in [-0.4, -0.2) is 16.0 Å². The van der Waals surface area contributed by atoms with E-state index >= 15 is 0 Å². The summed E-state index contributed by atoms with van der Waals surface area (Å²) in [6, 6.07) is 7.96. The number of ether oxygens (including phenoxy) is 1. The second-order valence-electron chi connectivity index (χ2n) is 5.38. The lowest BCUT2D eigenvalue weighted by Crippen LogP contribution is -2.03. The Labute approximate surface area is 133 Å². The zero-order valence-electron chi connectivity index (χ0n) is 12.8. The van der Waals surface area contributed by atoms with E-state index in [-0.39, 0.29) is 0 Å². The molecule has 0 radical (unpaired) electrons. The predicted molar refractivity (Wildman–Crippen MR) is 91.4 cm³/mol. The molecule has 2 heterocycles. The Morgan fingerprint density at radius 2 is 2.09 bits per heavy atom. The Kier molecular flexibility index (Phi) is 4.00. The first-order valence-electron chi connectivity index (χ1n) is 7.13. The van der Waals surface area contributed by atoms with Crippen LogP contribution in [0.3, 0.4) is 0 Å². The van der Waals surface area contributed by atoms with Crippen LogP contribution < -0.4 is 10.5 Å². The molecule has 0 saturated heterocycles. The Bertz CT molecular complexity index is 814. The van der Waals surface area contributed by atoms with Crippen molar-refractivity contribution in [3.05, 3.63) is 53.2 Å². The normalized spacial score (nSPS) is 11.0. The lowest BCUT2D eigenvalue weighted by molar-refractivity contribution is 0.353. The van der Waals surface area contributed by atoms with Gasteiger partial charge in [-0.2, -0.15) is 0 Å². The number of fused-ring (bicyclic) bond motifs is 1. The maximum atomic E-state index is 5.95. The molecule has 0 saturated carbocycles. The first kappa shape index (κ1) is 14.8. The minimum Gasteiger partial charge on any atom is -0.489 e. The fraction of sp³-hybridized carbons (Fsp3) is 0.235. The minimum atomic E-state index is 0.460. The van der Waals surface area contributed by atoms with E-state index in [1.165, 1.54) is 5.69 Å². The van der Waals surface area contributed by atoms with Crippen molar-refractivity contribution in [2.75, 3.05) is 6.61 Å². The summed E-state index contributed by atoms with van der Waals surface area (Å²) >= 11 is 1.64. The fourth-order valence-electron chi connectivity index (χ4n) is 2.40. The van der Waals surface area contributed by atoms with Gasteiger partial charge in [-0.05, 0) is 43.7 Å². The third kappa shape index (κ3) is 2.65. The molecule has 0 aliphatic rings. The Morgan fingerprint density at radius 1 is 1.36 bits per heavy atom. The first-order chi connectivity index (χ1) is 10.6. The third-order valence-corrected chi connectivity index (χ3v) is 4.38. The van der Waals surface area contributed by atoms with Gasteiger partial charge in [0.25, 0.3) is 0 Å². The summed E-state index contributed by atoms with van der Waals surface area (Å²) < 4.78 is 7.76. The van der Waals surface area contributed by atoms with E-state index in [4.69, 9.17) is 15.5 Å². The van der Waals surface area contributed by atoms with Gasteiger partial charge in [0.1, 0.15) is 12.4 Å². The van der Waals surface area contributed by atoms with Crippen molar-refractivity contribution in [3.63, 3.8) is 0 Å². The summed E-state index contributed by atoms with van der Waals surface area (Å²) in [5.41, 5.74) is 11.2. The van der Waals surface area contributed by atoms with E-state index < -0.39 is 0 Å². The third-order valence-electron chi connectivity index (χ3n) is 3.44. The average Bonchev–Trinajstić information content (AvgIpc) is 3.05. The van der Waals surface area contributed by atoms with E-state index in [1.54, 1.807) is 11.3 Å². The molecule has 0 spiro atoms. The van der Waals surface area contributed by atoms with Gasteiger partial charge >= 0.3 is 0 Å². The number of nitrogens with two attached hydrogens (primary N) is 1. The Hall–Kier alpha value is -2.11. The van der Waals surface area contributed by atoms with Gasteiger partial charge in [-0.3, -0.25) is 4.40 Å². The van der Waals surface area contributed by atoms with Crippen molar-refractivity contribution in [1.29, 1.82) is 0 Å². The quantitative estimate of drug-likeness (QED) is 0.729. The van der Waals surface area contributed by atoms with Gasteiger partial charge in [0.05, 0.1) is 11.4 Å². The number of imidazole rings is 1. The van der Waals surface area contributed by atoms with Crippen molar-refractivity contribution < 1.29 is 4.74 Å². The molecule has 1 aromatic carbocycles. The molecule has 0 fully saturated rings. The highest BCUT2D eigenvalue weighted by atomic mass is 32.1. The van der Waals surface area contributed by atoms with E-state index in [9.17, 15) is 0 Å². The molecule has 0 aliphatic carbocycles. The minimum absolute atomic E-state index is 0.460. The van der Waals surface area contributed by atoms with Crippen molar-refractivity contribution in [2.45, 2.75) is 20.4 Å². The van der Waals surface area contributed by atoms with Crippen LogP contribution in [0.5, 0.6) is 5.75 Å². The molecule has 114 valence electrons. The summed E-state index contributed by atoms with van der Waals surface area (Å²) in [6.07, 6.45) is 0. The molecule has 0 unspecified atom stereocenters. The molecule has 3 aromatic rings. The smallest absolute Gasteiger partial charge is 0.194 e. The molecule has 0 aliphatic heterocycles. The lowest BCUT2D eigenvalue weighted by Gasteiger charge is -2.07. The standard InChI is InChI=1S/C17H19N3OS/c1-11(2)9-21-14-6-4-13(5-7-14)16-15(8-18)20-12(3)10-22-17(20)19-16/h4-7,10H,1,8-9,18H2,2-3H3. The van der Waals surface area contributed by atoms with Gasteiger partial charge in [-0.1, -0.05) is 6.58 Å². The van der Waals surface area contributed by atoms with Crippen LogP contribution in [-0.2, 0) is 6.54 Å². The number of rotatable bonds is 5.